The van der Waals surface area contributed by atoms with Crippen molar-refractivity contribution in [1.29, 1.82) is 0 Å². The number of nitrogens with two attached hydrogens (primary N) is 1. The third-order valence-corrected chi connectivity index (χ3v) is 3.69. The van der Waals surface area contributed by atoms with Crippen molar-refractivity contribution in [3.63, 3.8) is 0 Å². The molecule has 0 aliphatic carbocycles. The second kappa shape index (κ2) is 5.21. The van der Waals surface area contributed by atoms with Crippen LogP contribution >= 0.6 is 11.6 Å². The van der Waals surface area contributed by atoms with E-state index in [4.69, 9.17) is 21.9 Å². The van der Waals surface area contributed by atoms with Crippen molar-refractivity contribution in [1.82, 2.24) is 5.16 Å². The van der Waals surface area contributed by atoms with Crippen LogP contribution in [0.4, 0.5) is 10.2 Å². The van der Waals surface area contributed by atoms with Crippen molar-refractivity contribution < 1.29 is 8.91 Å². The van der Waals surface area contributed by atoms with Crippen LogP contribution in [0, 0.1) is 11.7 Å². The van der Waals surface area contributed by atoms with Crippen LogP contribution in [0.1, 0.15) is 32.4 Å². The van der Waals surface area contributed by atoms with Gasteiger partial charge < -0.3 is 10.3 Å². The van der Waals surface area contributed by atoms with Gasteiger partial charge in [0.1, 0.15) is 11.6 Å². The number of hydrogen-bond donors (Lipinski definition) is 1. The van der Waals surface area contributed by atoms with Crippen LogP contribution in [0.25, 0.3) is 11.1 Å². The minimum absolute atomic E-state index is 0.0653. The average molecular weight is 283 g/mol. The van der Waals surface area contributed by atoms with Crippen LogP contribution in [-0.2, 0) is 0 Å². The quantitative estimate of drug-likeness (QED) is 0.903. The number of aromatic nitrogens is 1. The summed E-state index contributed by atoms with van der Waals surface area (Å²) in [7, 11) is 0. The predicted octanol–water partition coefficient (Wildman–Crippen LogP) is 4.48. The number of rotatable bonds is 3. The van der Waals surface area contributed by atoms with Gasteiger partial charge in [0.15, 0.2) is 5.82 Å². The molecule has 0 bridgehead atoms. The van der Waals surface area contributed by atoms with E-state index in [0.29, 0.717) is 22.3 Å². The summed E-state index contributed by atoms with van der Waals surface area (Å²) in [6.07, 6.45) is 0. The van der Waals surface area contributed by atoms with Gasteiger partial charge in [0.05, 0.1) is 10.6 Å². The molecule has 1 unspecified atom stereocenters. The lowest BCUT2D eigenvalue weighted by molar-refractivity contribution is 0.341. The number of benzene rings is 1. The molecule has 102 valence electrons. The summed E-state index contributed by atoms with van der Waals surface area (Å²) >= 11 is 6.08. The fourth-order valence-corrected chi connectivity index (χ4v) is 2.17. The molecule has 19 heavy (non-hydrogen) atoms. The summed E-state index contributed by atoms with van der Waals surface area (Å²) in [4.78, 5) is 0. The van der Waals surface area contributed by atoms with Crippen molar-refractivity contribution in [2.24, 2.45) is 5.92 Å². The molecule has 0 fully saturated rings. The highest BCUT2D eigenvalue weighted by Gasteiger charge is 2.26. The van der Waals surface area contributed by atoms with Crippen molar-refractivity contribution >= 4 is 17.4 Å². The van der Waals surface area contributed by atoms with Gasteiger partial charge >= 0.3 is 0 Å². The Kier molecular flexibility index (Phi) is 3.80. The summed E-state index contributed by atoms with van der Waals surface area (Å²) in [6.45, 7) is 6.09. The van der Waals surface area contributed by atoms with Crippen molar-refractivity contribution in [2.45, 2.75) is 26.7 Å². The molecule has 1 aromatic heterocycles. The Balaban J connectivity index is 2.66. The first-order valence-corrected chi connectivity index (χ1v) is 6.50. The maximum absolute atomic E-state index is 14.0. The Morgan fingerprint density at radius 3 is 2.53 bits per heavy atom. The van der Waals surface area contributed by atoms with Crippen LogP contribution in [0.2, 0.25) is 5.02 Å². The Morgan fingerprint density at radius 2 is 1.95 bits per heavy atom. The van der Waals surface area contributed by atoms with Crippen LogP contribution in [0.5, 0.6) is 0 Å². The molecule has 2 aromatic rings. The number of nitrogen functional groups attached to an aromatic ring is 1. The molecule has 0 amide bonds. The predicted molar refractivity (Wildman–Crippen MR) is 74.6 cm³/mol. The summed E-state index contributed by atoms with van der Waals surface area (Å²) in [5, 5.41) is 4.05. The molecule has 1 aromatic carbocycles. The summed E-state index contributed by atoms with van der Waals surface area (Å²) in [5.74, 6) is 0.681. The Labute approximate surface area is 116 Å². The average Bonchev–Trinajstić information content (AvgIpc) is 2.70. The number of hydrogen-bond acceptors (Lipinski definition) is 3. The lowest BCUT2D eigenvalue weighted by Crippen LogP contribution is -2.03. The Morgan fingerprint density at radius 1 is 1.26 bits per heavy atom. The summed E-state index contributed by atoms with van der Waals surface area (Å²) < 4.78 is 19.3. The fraction of sp³-hybridized carbons (Fsp3) is 0.357. The van der Waals surface area contributed by atoms with E-state index in [1.165, 1.54) is 6.07 Å². The normalized spacial score (nSPS) is 12.9. The van der Waals surface area contributed by atoms with Crippen molar-refractivity contribution in [3.8, 4) is 11.1 Å². The molecule has 0 aliphatic heterocycles. The zero-order chi connectivity index (χ0) is 14.2. The minimum atomic E-state index is -0.431. The third-order valence-electron chi connectivity index (χ3n) is 3.37. The van der Waals surface area contributed by atoms with Crippen LogP contribution < -0.4 is 5.73 Å². The Hall–Kier alpha value is -1.55. The van der Waals surface area contributed by atoms with Gasteiger partial charge in [0.25, 0.3) is 0 Å². The number of nitrogens with zero attached hydrogens (tertiary/aromatic N) is 1. The van der Waals surface area contributed by atoms with E-state index in [0.717, 1.165) is 0 Å². The van der Waals surface area contributed by atoms with E-state index in [1.807, 2.05) is 6.92 Å². The van der Waals surface area contributed by atoms with Crippen LogP contribution in [-0.4, -0.2) is 5.16 Å². The molecule has 5 heteroatoms. The molecule has 0 aliphatic rings. The highest BCUT2D eigenvalue weighted by molar-refractivity contribution is 6.33. The van der Waals surface area contributed by atoms with E-state index >= 15 is 0 Å². The first-order valence-electron chi connectivity index (χ1n) is 6.13. The molecule has 0 saturated carbocycles. The smallest absolute Gasteiger partial charge is 0.175 e. The number of anilines is 1. The molecule has 2 N–H and O–H groups in total. The lowest BCUT2D eigenvalue weighted by atomic mass is 9.90. The molecule has 0 radical (unpaired) electrons. The van der Waals surface area contributed by atoms with Crippen LogP contribution in [0.3, 0.4) is 0 Å². The van der Waals surface area contributed by atoms with Gasteiger partial charge in [0, 0.05) is 11.5 Å². The highest BCUT2D eigenvalue weighted by Crippen LogP contribution is 2.41. The monoisotopic (exact) mass is 282 g/mol. The van der Waals surface area contributed by atoms with E-state index in [9.17, 15) is 4.39 Å². The maximum Gasteiger partial charge on any atom is 0.175 e. The summed E-state index contributed by atoms with van der Waals surface area (Å²) in [6, 6.07) is 4.52. The fourth-order valence-electron chi connectivity index (χ4n) is 1.92. The second-order valence-corrected chi connectivity index (χ2v) is 5.34. The van der Waals surface area contributed by atoms with Gasteiger partial charge in [-0.15, -0.1) is 0 Å². The van der Waals surface area contributed by atoms with Crippen molar-refractivity contribution in [3.05, 3.63) is 34.8 Å². The molecule has 1 atom stereocenters. The SMILES string of the molecule is CC(C)C(C)c1onc(N)c1-c1c(F)cccc1Cl. The molecule has 0 spiro atoms. The standard InChI is InChI=1S/C14H16ClFN2O/c1-7(2)8(3)13-12(14(17)18-19-13)11-9(15)5-4-6-10(11)16/h4-8H,1-3H3,(H2,17,18). The van der Waals surface area contributed by atoms with Gasteiger partial charge in [-0.2, -0.15) is 0 Å². The molecular weight excluding hydrogens is 267 g/mol. The first-order chi connectivity index (χ1) is 8.93. The third kappa shape index (κ3) is 2.45. The van der Waals surface area contributed by atoms with Crippen LogP contribution in [0.15, 0.2) is 22.7 Å². The lowest BCUT2D eigenvalue weighted by Gasteiger charge is -2.14. The van der Waals surface area contributed by atoms with Gasteiger partial charge in [0.2, 0.25) is 0 Å². The molecule has 2 rings (SSSR count). The molecule has 0 saturated heterocycles. The first kappa shape index (κ1) is 13.9. The van der Waals surface area contributed by atoms with E-state index in [-0.39, 0.29) is 17.3 Å². The molecule has 1 heterocycles. The van der Waals surface area contributed by atoms with E-state index in [1.54, 1.807) is 12.1 Å². The largest absolute Gasteiger partial charge is 0.380 e. The maximum atomic E-state index is 14.0. The van der Waals surface area contributed by atoms with Gasteiger partial charge in [-0.05, 0) is 18.1 Å². The summed E-state index contributed by atoms with van der Waals surface area (Å²) in [5.41, 5.74) is 6.54. The molecule has 3 nitrogen and oxygen atoms in total. The minimum Gasteiger partial charge on any atom is -0.380 e. The van der Waals surface area contributed by atoms with Gasteiger partial charge in [-0.3, -0.25) is 0 Å². The van der Waals surface area contributed by atoms with Gasteiger partial charge in [-0.25, -0.2) is 4.39 Å². The van der Waals surface area contributed by atoms with E-state index < -0.39 is 5.82 Å². The molecular formula is C14H16ClFN2O. The zero-order valence-corrected chi connectivity index (χ0v) is 11.8. The number of halogens is 2. The zero-order valence-electron chi connectivity index (χ0n) is 11.1. The Bertz CT molecular complexity index is 575. The van der Waals surface area contributed by atoms with E-state index in [2.05, 4.69) is 19.0 Å². The van der Waals surface area contributed by atoms with Gasteiger partial charge in [-0.1, -0.05) is 43.6 Å². The van der Waals surface area contributed by atoms with Crippen molar-refractivity contribution in [2.75, 3.05) is 5.73 Å². The topological polar surface area (TPSA) is 52.0 Å². The second-order valence-electron chi connectivity index (χ2n) is 4.94. The highest BCUT2D eigenvalue weighted by atomic mass is 35.5.